The Bertz CT molecular complexity index is 504. The average molecular weight is 360 g/mol. The molecule has 4 nitrogen and oxygen atoms in total. The summed E-state index contributed by atoms with van der Waals surface area (Å²) in [5.41, 5.74) is 0. The van der Waals surface area contributed by atoms with Gasteiger partial charge in [0.05, 0.1) is 6.61 Å². The van der Waals surface area contributed by atoms with Crippen molar-refractivity contribution in [2.45, 2.75) is 11.3 Å². The molecule has 1 aromatic carbocycles. The first-order chi connectivity index (χ1) is 9.28. The highest BCUT2D eigenvalue weighted by atomic mass is 79.9. The van der Waals surface area contributed by atoms with E-state index in [1.165, 1.54) is 0 Å². The van der Waals surface area contributed by atoms with E-state index >= 15 is 0 Å². The van der Waals surface area contributed by atoms with Crippen molar-refractivity contribution in [2.75, 3.05) is 24.2 Å². The molecule has 0 saturated carbocycles. The van der Waals surface area contributed by atoms with Gasteiger partial charge in [-0.3, -0.25) is 0 Å². The van der Waals surface area contributed by atoms with Crippen molar-refractivity contribution in [2.24, 2.45) is 0 Å². The van der Waals surface area contributed by atoms with E-state index in [4.69, 9.17) is 4.74 Å². The van der Waals surface area contributed by atoms with Crippen molar-refractivity contribution < 1.29 is 4.74 Å². The molecule has 0 saturated heterocycles. The molecule has 1 N–H and O–H groups in total. The number of hydrogen-bond donors (Lipinski definition) is 1. The Hall–Kier alpha value is -0.790. The molecule has 0 bridgehead atoms. The Morgan fingerprint density at radius 1 is 1.32 bits per heavy atom. The summed E-state index contributed by atoms with van der Waals surface area (Å²) in [6.07, 6.45) is 0. The van der Waals surface area contributed by atoms with E-state index in [-0.39, 0.29) is 0 Å². The zero-order chi connectivity index (χ0) is 13.5. The predicted octanol–water partition coefficient (Wildman–Crippen LogP) is 3.90. The number of aromatic nitrogens is 2. The van der Waals surface area contributed by atoms with Crippen LogP contribution in [0, 0.1) is 0 Å². The third-order valence-electron chi connectivity index (χ3n) is 2.13. The van der Waals surface area contributed by atoms with Gasteiger partial charge >= 0.3 is 0 Å². The van der Waals surface area contributed by atoms with Crippen molar-refractivity contribution in [1.82, 2.24) is 10.2 Å². The minimum absolute atomic E-state index is 0.655. The molecule has 0 unspecified atom stereocenters. The fraction of sp³-hybridized carbons (Fsp3) is 0.333. The first-order valence-corrected chi connectivity index (χ1v) is 8.46. The van der Waals surface area contributed by atoms with Crippen LogP contribution in [0.25, 0.3) is 0 Å². The Morgan fingerprint density at radius 3 is 2.84 bits per heavy atom. The van der Waals surface area contributed by atoms with Crippen molar-refractivity contribution in [3.8, 4) is 5.75 Å². The standard InChI is InChI=1S/C12H14BrN3OS2/c1-2-14-11-15-16-12(19-11)18-8-7-17-10-5-3-9(13)4-6-10/h3-6H,2,7-8H2,1H3,(H,14,15). The van der Waals surface area contributed by atoms with E-state index in [9.17, 15) is 0 Å². The Labute approximate surface area is 129 Å². The van der Waals surface area contributed by atoms with E-state index in [0.29, 0.717) is 6.61 Å². The lowest BCUT2D eigenvalue weighted by Gasteiger charge is -2.04. The summed E-state index contributed by atoms with van der Waals surface area (Å²) in [5, 5.41) is 12.2. The number of halogens is 1. The van der Waals surface area contributed by atoms with Crippen LogP contribution in [0.4, 0.5) is 5.13 Å². The zero-order valence-electron chi connectivity index (χ0n) is 10.4. The SMILES string of the molecule is CCNc1nnc(SCCOc2ccc(Br)cc2)s1. The number of anilines is 1. The monoisotopic (exact) mass is 359 g/mol. The van der Waals surface area contributed by atoms with Gasteiger partial charge in [0, 0.05) is 16.8 Å². The maximum Gasteiger partial charge on any atom is 0.206 e. The first-order valence-electron chi connectivity index (χ1n) is 5.86. The van der Waals surface area contributed by atoms with Gasteiger partial charge in [-0.1, -0.05) is 39.0 Å². The van der Waals surface area contributed by atoms with Crippen LogP contribution in [0.15, 0.2) is 33.1 Å². The van der Waals surface area contributed by atoms with Gasteiger partial charge in [-0.15, -0.1) is 10.2 Å². The van der Waals surface area contributed by atoms with E-state index in [1.54, 1.807) is 23.1 Å². The summed E-state index contributed by atoms with van der Waals surface area (Å²) in [7, 11) is 0. The predicted molar refractivity (Wildman–Crippen MR) is 84.4 cm³/mol. The van der Waals surface area contributed by atoms with Crippen LogP contribution in [0.5, 0.6) is 5.75 Å². The molecule has 19 heavy (non-hydrogen) atoms. The molecule has 0 amide bonds. The minimum atomic E-state index is 0.655. The highest BCUT2D eigenvalue weighted by Gasteiger charge is 2.03. The number of nitrogens with zero attached hydrogens (tertiary/aromatic N) is 2. The third-order valence-corrected chi connectivity index (χ3v) is 4.63. The van der Waals surface area contributed by atoms with Crippen LogP contribution in [-0.2, 0) is 0 Å². The summed E-state index contributed by atoms with van der Waals surface area (Å²) in [6, 6.07) is 7.83. The van der Waals surface area contributed by atoms with Gasteiger partial charge < -0.3 is 10.1 Å². The summed E-state index contributed by atoms with van der Waals surface area (Å²) in [4.78, 5) is 0. The van der Waals surface area contributed by atoms with Gasteiger partial charge in [-0.05, 0) is 31.2 Å². The molecular weight excluding hydrogens is 346 g/mol. The molecule has 2 rings (SSSR count). The molecule has 1 heterocycles. The van der Waals surface area contributed by atoms with E-state index in [0.717, 1.165) is 32.0 Å². The smallest absolute Gasteiger partial charge is 0.206 e. The fourth-order valence-electron chi connectivity index (χ4n) is 1.31. The number of nitrogens with one attached hydrogen (secondary N) is 1. The van der Waals surface area contributed by atoms with Gasteiger partial charge in [0.1, 0.15) is 5.75 Å². The van der Waals surface area contributed by atoms with Gasteiger partial charge in [0.15, 0.2) is 4.34 Å². The second-order valence-corrected chi connectivity index (χ2v) is 6.79. The maximum atomic E-state index is 5.64. The Kier molecular flexibility index (Phi) is 5.93. The molecule has 102 valence electrons. The number of thioether (sulfide) groups is 1. The number of benzene rings is 1. The van der Waals surface area contributed by atoms with Crippen LogP contribution in [0.2, 0.25) is 0 Å². The molecule has 7 heteroatoms. The quantitative estimate of drug-likeness (QED) is 0.599. The van der Waals surface area contributed by atoms with E-state index < -0.39 is 0 Å². The molecule has 0 aliphatic heterocycles. The van der Waals surface area contributed by atoms with Gasteiger partial charge in [0.2, 0.25) is 5.13 Å². The van der Waals surface area contributed by atoms with Crippen molar-refractivity contribution >= 4 is 44.2 Å². The Balaban J connectivity index is 1.69. The topological polar surface area (TPSA) is 47.0 Å². The summed E-state index contributed by atoms with van der Waals surface area (Å²) in [6.45, 7) is 3.56. The second-order valence-electron chi connectivity index (χ2n) is 3.55. The van der Waals surface area contributed by atoms with Gasteiger partial charge in [0.25, 0.3) is 0 Å². The largest absolute Gasteiger partial charge is 0.493 e. The number of hydrogen-bond acceptors (Lipinski definition) is 6. The Morgan fingerprint density at radius 2 is 2.11 bits per heavy atom. The van der Waals surface area contributed by atoms with Crippen molar-refractivity contribution in [3.63, 3.8) is 0 Å². The lowest BCUT2D eigenvalue weighted by Crippen LogP contribution is -1.99. The second kappa shape index (κ2) is 7.72. The van der Waals surface area contributed by atoms with Crippen LogP contribution in [0.3, 0.4) is 0 Å². The number of ether oxygens (including phenoxy) is 1. The van der Waals surface area contributed by atoms with Crippen LogP contribution >= 0.6 is 39.0 Å². The van der Waals surface area contributed by atoms with Crippen molar-refractivity contribution in [1.29, 1.82) is 0 Å². The molecule has 0 radical (unpaired) electrons. The van der Waals surface area contributed by atoms with Crippen LogP contribution in [0.1, 0.15) is 6.92 Å². The molecule has 0 aliphatic carbocycles. The van der Waals surface area contributed by atoms with Crippen LogP contribution < -0.4 is 10.1 Å². The molecule has 2 aromatic rings. The highest BCUT2D eigenvalue weighted by molar-refractivity contribution is 9.10. The van der Waals surface area contributed by atoms with E-state index in [2.05, 4.69) is 31.4 Å². The summed E-state index contributed by atoms with van der Waals surface area (Å²) >= 11 is 6.63. The van der Waals surface area contributed by atoms with Crippen molar-refractivity contribution in [3.05, 3.63) is 28.7 Å². The number of rotatable bonds is 7. The molecule has 0 atom stereocenters. The lowest BCUT2D eigenvalue weighted by molar-refractivity contribution is 0.344. The van der Waals surface area contributed by atoms with E-state index in [1.807, 2.05) is 31.2 Å². The van der Waals surface area contributed by atoms with Crippen LogP contribution in [-0.4, -0.2) is 29.1 Å². The van der Waals surface area contributed by atoms with Gasteiger partial charge in [-0.25, -0.2) is 0 Å². The van der Waals surface area contributed by atoms with Gasteiger partial charge in [-0.2, -0.15) is 0 Å². The molecular formula is C12H14BrN3OS2. The average Bonchev–Trinajstić information content (AvgIpc) is 2.85. The summed E-state index contributed by atoms with van der Waals surface area (Å²) in [5.74, 6) is 1.74. The highest BCUT2D eigenvalue weighted by Crippen LogP contribution is 2.25. The normalized spacial score (nSPS) is 10.4. The molecule has 0 fully saturated rings. The minimum Gasteiger partial charge on any atom is -0.493 e. The molecule has 1 aromatic heterocycles. The first kappa shape index (κ1) is 14.6. The molecule has 0 aliphatic rings. The zero-order valence-corrected chi connectivity index (χ0v) is 13.6. The molecule has 0 spiro atoms. The maximum absolute atomic E-state index is 5.64. The lowest BCUT2D eigenvalue weighted by atomic mass is 10.3. The summed E-state index contributed by atoms with van der Waals surface area (Å²) < 4.78 is 7.66. The third kappa shape index (κ3) is 5.00. The fourth-order valence-corrected chi connectivity index (χ4v) is 3.28.